The molecule has 0 bridgehead atoms. The summed E-state index contributed by atoms with van der Waals surface area (Å²) in [4.78, 5) is 23.7. The minimum atomic E-state index is -0.942. The molecule has 1 N–H and O–H groups in total. The maximum absolute atomic E-state index is 11.4. The molecule has 0 spiro atoms. The van der Waals surface area contributed by atoms with Crippen LogP contribution in [-0.2, 0) is 4.74 Å². The van der Waals surface area contributed by atoms with Crippen LogP contribution < -0.4 is 4.74 Å². The molecule has 0 saturated carbocycles. The molecule has 1 aromatic rings. The third-order valence-electron chi connectivity index (χ3n) is 3.30. The normalized spacial score (nSPS) is 18.2. The molecule has 1 aliphatic rings. The van der Waals surface area contributed by atoms with Crippen LogP contribution in [0.3, 0.4) is 0 Å². The lowest BCUT2D eigenvalue weighted by atomic mass is 10.1. The van der Waals surface area contributed by atoms with E-state index >= 15 is 0 Å². The van der Waals surface area contributed by atoms with Crippen LogP contribution in [0.4, 0.5) is 4.79 Å². The van der Waals surface area contributed by atoms with Crippen molar-refractivity contribution < 1.29 is 24.2 Å². The number of nitrogens with zero attached hydrogens (tertiary/aromatic N) is 1. The van der Waals surface area contributed by atoms with E-state index in [4.69, 9.17) is 21.4 Å². The van der Waals surface area contributed by atoms with Gasteiger partial charge in [0.25, 0.3) is 0 Å². The molecule has 2 rings (SSSR count). The van der Waals surface area contributed by atoms with Gasteiger partial charge in [-0.3, -0.25) is 0 Å². The van der Waals surface area contributed by atoms with E-state index in [1.54, 1.807) is 6.07 Å². The van der Waals surface area contributed by atoms with Gasteiger partial charge in [-0.2, -0.15) is 0 Å². The Bertz CT molecular complexity index is 548. The second-order valence-corrected chi connectivity index (χ2v) is 5.15. The molecular formula is C14H16ClNO5. The van der Waals surface area contributed by atoms with Crippen LogP contribution in [0.2, 0.25) is 5.02 Å². The first-order valence-corrected chi connectivity index (χ1v) is 6.91. The summed E-state index contributed by atoms with van der Waals surface area (Å²) in [6.07, 6.45) is 0.378. The Morgan fingerprint density at radius 2 is 2.19 bits per heavy atom. The molecule has 7 heteroatoms. The van der Waals surface area contributed by atoms with Crippen molar-refractivity contribution in [2.24, 2.45) is 0 Å². The zero-order valence-electron chi connectivity index (χ0n) is 11.5. The summed E-state index contributed by atoms with van der Waals surface area (Å²) in [6.45, 7) is 0.850. The van der Waals surface area contributed by atoms with Crippen molar-refractivity contribution >= 4 is 23.7 Å². The van der Waals surface area contributed by atoms with E-state index in [0.717, 1.165) is 12.8 Å². The van der Waals surface area contributed by atoms with Gasteiger partial charge in [0.1, 0.15) is 11.9 Å². The maximum atomic E-state index is 11.4. The van der Waals surface area contributed by atoms with Gasteiger partial charge in [-0.05, 0) is 31.0 Å². The van der Waals surface area contributed by atoms with E-state index in [0.29, 0.717) is 18.8 Å². The smallest absolute Gasteiger partial charge is 0.407 e. The van der Waals surface area contributed by atoms with Gasteiger partial charge in [0.2, 0.25) is 0 Å². The maximum Gasteiger partial charge on any atom is 0.407 e. The van der Waals surface area contributed by atoms with E-state index in [1.807, 2.05) is 0 Å². The van der Waals surface area contributed by atoms with Crippen LogP contribution in [-0.4, -0.2) is 48.4 Å². The number of carboxylic acid groups (broad SMARTS) is 1. The largest absolute Gasteiger partial charge is 0.489 e. The SMILES string of the molecule is COC(=O)c1ccc(OC2CCCN(C(=O)O)C2)cc1Cl. The van der Waals surface area contributed by atoms with E-state index in [2.05, 4.69) is 4.74 Å². The molecule has 1 amide bonds. The number of methoxy groups -OCH3 is 1. The minimum Gasteiger partial charge on any atom is -0.489 e. The Balaban J connectivity index is 2.04. The number of carbonyl (C=O) groups is 2. The number of likely N-dealkylation sites (tertiary alicyclic amines) is 1. The van der Waals surface area contributed by atoms with Crippen LogP contribution in [0.5, 0.6) is 5.75 Å². The molecule has 1 fully saturated rings. The number of hydrogen-bond acceptors (Lipinski definition) is 4. The van der Waals surface area contributed by atoms with Gasteiger partial charge in [0, 0.05) is 6.54 Å². The predicted molar refractivity (Wildman–Crippen MR) is 76.0 cm³/mol. The van der Waals surface area contributed by atoms with Gasteiger partial charge in [0.15, 0.2) is 0 Å². The van der Waals surface area contributed by atoms with Gasteiger partial charge in [-0.15, -0.1) is 0 Å². The number of halogens is 1. The minimum absolute atomic E-state index is 0.213. The van der Waals surface area contributed by atoms with E-state index < -0.39 is 12.1 Å². The fourth-order valence-corrected chi connectivity index (χ4v) is 2.49. The zero-order valence-corrected chi connectivity index (χ0v) is 12.3. The number of ether oxygens (including phenoxy) is 2. The lowest BCUT2D eigenvalue weighted by Gasteiger charge is -2.31. The number of hydrogen-bond donors (Lipinski definition) is 1. The van der Waals surface area contributed by atoms with Crippen LogP contribution in [0.15, 0.2) is 18.2 Å². The molecule has 1 heterocycles. The summed E-state index contributed by atoms with van der Waals surface area (Å²) in [7, 11) is 1.28. The van der Waals surface area contributed by atoms with Crippen molar-refractivity contribution in [1.82, 2.24) is 4.90 Å². The molecule has 1 atom stereocenters. The van der Waals surface area contributed by atoms with Crippen molar-refractivity contribution in [3.05, 3.63) is 28.8 Å². The third-order valence-corrected chi connectivity index (χ3v) is 3.61. The quantitative estimate of drug-likeness (QED) is 0.868. The topological polar surface area (TPSA) is 76.1 Å². The fourth-order valence-electron chi connectivity index (χ4n) is 2.25. The van der Waals surface area contributed by atoms with E-state index in [-0.39, 0.29) is 16.7 Å². The highest BCUT2D eigenvalue weighted by molar-refractivity contribution is 6.33. The highest BCUT2D eigenvalue weighted by Gasteiger charge is 2.24. The molecule has 114 valence electrons. The number of amides is 1. The van der Waals surface area contributed by atoms with E-state index in [9.17, 15) is 9.59 Å². The molecule has 1 aliphatic heterocycles. The molecule has 0 aliphatic carbocycles. The fraction of sp³-hybridized carbons (Fsp3) is 0.429. The lowest BCUT2D eigenvalue weighted by Crippen LogP contribution is -2.43. The van der Waals surface area contributed by atoms with Crippen molar-refractivity contribution in [2.75, 3.05) is 20.2 Å². The molecule has 0 radical (unpaired) electrons. The Kier molecular flexibility index (Phi) is 4.90. The molecule has 0 aromatic heterocycles. The average molecular weight is 314 g/mol. The van der Waals surface area contributed by atoms with Gasteiger partial charge < -0.3 is 19.5 Å². The van der Waals surface area contributed by atoms with Gasteiger partial charge in [-0.1, -0.05) is 11.6 Å². The summed E-state index contributed by atoms with van der Waals surface area (Å²) < 4.78 is 10.4. The highest BCUT2D eigenvalue weighted by atomic mass is 35.5. The monoisotopic (exact) mass is 313 g/mol. The number of esters is 1. The first-order valence-electron chi connectivity index (χ1n) is 6.53. The Labute approximate surface area is 127 Å². The zero-order chi connectivity index (χ0) is 15.4. The van der Waals surface area contributed by atoms with Crippen LogP contribution in [0.25, 0.3) is 0 Å². The van der Waals surface area contributed by atoms with Gasteiger partial charge in [-0.25, -0.2) is 9.59 Å². The standard InChI is InChI=1S/C14H16ClNO5/c1-20-13(17)11-5-4-9(7-12(11)15)21-10-3-2-6-16(8-10)14(18)19/h4-5,7,10H,2-3,6,8H2,1H3,(H,18,19). The number of benzene rings is 1. The number of piperidine rings is 1. The molecule has 6 nitrogen and oxygen atoms in total. The molecule has 1 unspecified atom stereocenters. The summed E-state index contributed by atoms with van der Waals surface area (Å²) >= 11 is 6.01. The van der Waals surface area contributed by atoms with Crippen molar-refractivity contribution in [3.63, 3.8) is 0 Å². The number of rotatable bonds is 3. The summed E-state index contributed by atoms with van der Waals surface area (Å²) in [6, 6.07) is 4.69. The summed E-state index contributed by atoms with van der Waals surface area (Å²) in [5.74, 6) is -0.00818. The lowest BCUT2D eigenvalue weighted by molar-refractivity contribution is 0.0600. The van der Waals surface area contributed by atoms with Gasteiger partial charge in [0.05, 0.1) is 24.2 Å². The second-order valence-electron chi connectivity index (χ2n) is 4.74. The van der Waals surface area contributed by atoms with E-state index in [1.165, 1.54) is 24.1 Å². The first kappa shape index (κ1) is 15.4. The van der Waals surface area contributed by atoms with Crippen LogP contribution in [0, 0.1) is 0 Å². The highest BCUT2D eigenvalue weighted by Crippen LogP contribution is 2.25. The van der Waals surface area contributed by atoms with Crippen molar-refractivity contribution in [2.45, 2.75) is 18.9 Å². The van der Waals surface area contributed by atoms with Crippen LogP contribution >= 0.6 is 11.6 Å². The van der Waals surface area contributed by atoms with Gasteiger partial charge >= 0.3 is 12.1 Å². The molecule has 21 heavy (non-hydrogen) atoms. The summed E-state index contributed by atoms with van der Waals surface area (Å²) in [5.41, 5.74) is 0.266. The number of carbonyl (C=O) groups excluding carboxylic acids is 1. The predicted octanol–water partition coefficient (Wildman–Crippen LogP) is 2.65. The summed E-state index contributed by atoms with van der Waals surface area (Å²) in [5, 5.41) is 9.23. The third kappa shape index (κ3) is 3.78. The molecular weight excluding hydrogens is 298 g/mol. The van der Waals surface area contributed by atoms with Crippen molar-refractivity contribution in [1.29, 1.82) is 0 Å². The first-order chi connectivity index (χ1) is 10.0. The van der Waals surface area contributed by atoms with Crippen molar-refractivity contribution in [3.8, 4) is 5.75 Å². The Morgan fingerprint density at radius 3 is 2.81 bits per heavy atom. The second kappa shape index (κ2) is 6.67. The van der Waals surface area contributed by atoms with Crippen LogP contribution in [0.1, 0.15) is 23.2 Å². The average Bonchev–Trinajstić information content (AvgIpc) is 2.47. The molecule has 1 saturated heterocycles. The Hall–Kier alpha value is -1.95. The molecule has 1 aromatic carbocycles. The Morgan fingerprint density at radius 1 is 1.43 bits per heavy atom.